The Morgan fingerprint density at radius 2 is 1.19 bits per heavy atom. The SMILES string of the molecule is Fc1c(F)c(C(F)(F)F)c(F)c(F)c1Oc1ccccc1. The van der Waals surface area contributed by atoms with Gasteiger partial charge in [0.1, 0.15) is 11.3 Å². The van der Waals surface area contributed by atoms with E-state index in [1.165, 1.54) is 30.3 Å². The molecule has 2 aromatic rings. The van der Waals surface area contributed by atoms with Crippen LogP contribution in [0.15, 0.2) is 30.3 Å². The van der Waals surface area contributed by atoms with Crippen LogP contribution in [0, 0.1) is 23.3 Å². The van der Waals surface area contributed by atoms with Gasteiger partial charge in [0, 0.05) is 0 Å². The topological polar surface area (TPSA) is 9.23 Å². The smallest absolute Gasteiger partial charge is 0.422 e. The van der Waals surface area contributed by atoms with Crippen LogP contribution in [-0.2, 0) is 6.18 Å². The molecule has 1 nitrogen and oxygen atoms in total. The second kappa shape index (κ2) is 5.27. The number of para-hydroxylation sites is 1. The molecule has 0 amide bonds. The summed E-state index contributed by atoms with van der Waals surface area (Å²) in [7, 11) is 0. The van der Waals surface area contributed by atoms with Crippen molar-refractivity contribution in [2.24, 2.45) is 0 Å². The monoisotopic (exact) mass is 310 g/mol. The first kappa shape index (κ1) is 15.1. The van der Waals surface area contributed by atoms with Crippen LogP contribution in [0.2, 0.25) is 0 Å². The lowest BCUT2D eigenvalue weighted by molar-refractivity contribution is -0.143. The van der Waals surface area contributed by atoms with E-state index in [0.717, 1.165) is 0 Å². The van der Waals surface area contributed by atoms with Crippen LogP contribution in [0.25, 0.3) is 0 Å². The summed E-state index contributed by atoms with van der Waals surface area (Å²) in [4.78, 5) is 0. The fourth-order valence-corrected chi connectivity index (χ4v) is 1.56. The first-order valence-electron chi connectivity index (χ1n) is 5.39. The van der Waals surface area contributed by atoms with Crippen molar-refractivity contribution < 1.29 is 35.5 Å². The van der Waals surface area contributed by atoms with E-state index in [1.807, 2.05) is 0 Å². The van der Waals surface area contributed by atoms with E-state index in [9.17, 15) is 30.7 Å². The first-order valence-corrected chi connectivity index (χ1v) is 5.39. The van der Waals surface area contributed by atoms with Crippen molar-refractivity contribution in [1.82, 2.24) is 0 Å². The molecule has 0 atom stereocenters. The summed E-state index contributed by atoms with van der Waals surface area (Å²) < 4.78 is 95.4. The Morgan fingerprint density at radius 3 is 1.62 bits per heavy atom. The van der Waals surface area contributed by atoms with Gasteiger partial charge in [-0.3, -0.25) is 0 Å². The van der Waals surface area contributed by atoms with E-state index in [0.29, 0.717) is 0 Å². The van der Waals surface area contributed by atoms with Gasteiger partial charge >= 0.3 is 6.18 Å². The zero-order valence-corrected chi connectivity index (χ0v) is 9.94. The van der Waals surface area contributed by atoms with Gasteiger partial charge in [0.2, 0.25) is 17.4 Å². The summed E-state index contributed by atoms with van der Waals surface area (Å²) in [5, 5.41) is 0. The zero-order valence-electron chi connectivity index (χ0n) is 9.94. The van der Waals surface area contributed by atoms with Crippen molar-refractivity contribution in [3.05, 3.63) is 59.2 Å². The highest BCUT2D eigenvalue weighted by Crippen LogP contribution is 2.40. The predicted octanol–water partition coefficient (Wildman–Crippen LogP) is 5.05. The highest BCUT2D eigenvalue weighted by Gasteiger charge is 2.42. The van der Waals surface area contributed by atoms with Crippen LogP contribution in [-0.4, -0.2) is 0 Å². The van der Waals surface area contributed by atoms with Crippen LogP contribution >= 0.6 is 0 Å². The Kier molecular flexibility index (Phi) is 3.80. The molecule has 0 spiro atoms. The number of halogens is 7. The molecule has 2 aromatic carbocycles. The Morgan fingerprint density at radius 1 is 0.714 bits per heavy atom. The van der Waals surface area contributed by atoms with Crippen LogP contribution in [0.3, 0.4) is 0 Å². The molecular formula is C13H5F7O. The van der Waals surface area contributed by atoms with E-state index < -0.39 is 40.8 Å². The third-order valence-electron chi connectivity index (χ3n) is 2.47. The molecule has 8 heteroatoms. The molecule has 0 heterocycles. The lowest BCUT2D eigenvalue weighted by atomic mass is 10.1. The maximum absolute atomic E-state index is 13.5. The number of alkyl halides is 3. The van der Waals surface area contributed by atoms with Gasteiger partial charge in [0.15, 0.2) is 11.6 Å². The molecule has 0 aliphatic rings. The molecule has 0 saturated carbocycles. The van der Waals surface area contributed by atoms with Crippen molar-refractivity contribution in [1.29, 1.82) is 0 Å². The number of rotatable bonds is 2. The minimum absolute atomic E-state index is 0.200. The highest BCUT2D eigenvalue weighted by atomic mass is 19.4. The first-order chi connectivity index (χ1) is 9.73. The van der Waals surface area contributed by atoms with Gasteiger partial charge in [-0.2, -0.15) is 22.0 Å². The summed E-state index contributed by atoms with van der Waals surface area (Å²) >= 11 is 0. The van der Waals surface area contributed by atoms with Gasteiger partial charge < -0.3 is 4.74 Å². The maximum Gasteiger partial charge on any atom is 0.422 e. The Balaban J connectivity index is 2.60. The predicted molar refractivity (Wildman–Crippen MR) is 57.8 cm³/mol. The molecule has 0 fully saturated rings. The molecular weight excluding hydrogens is 305 g/mol. The minimum atomic E-state index is -5.58. The molecule has 112 valence electrons. The van der Waals surface area contributed by atoms with Crippen molar-refractivity contribution in [2.75, 3.05) is 0 Å². The average molecular weight is 310 g/mol. The molecule has 21 heavy (non-hydrogen) atoms. The molecule has 2 rings (SSSR count). The van der Waals surface area contributed by atoms with Crippen molar-refractivity contribution in [2.45, 2.75) is 6.18 Å². The van der Waals surface area contributed by atoms with Gasteiger partial charge in [0.05, 0.1) is 0 Å². The average Bonchev–Trinajstić information content (AvgIpc) is 2.41. The number of benzene rings is 2. The van der Waals surface area contributed by atoms with E-state index in [-0.39, 0.29) is 5.75 Å². The van der Waals surface area contributed by atoms with Gasteiger partial charge in [-0.05, 0) is 12.1 Å². The molecule has 0 aromatic heterocycles. The summed E-state index contributed by atoms with van der Waals surface area (Å²) in [6.45, 7) is 0. The van der Waals surface area contributed by atoms with Gasteiger partial charge in [0.25, 0.3) is 0 Å². The van der Waals surface area contributed by atoms with Gasteiger partial charge in [-0.25, -0.2) is 8.78 Å². The molecule has 0 saturated heterocycles. The minimum Gasteiger partial charge on any atom is -0.451 e. The van der Waals surface area contributed by atoms with E-state index in [2.05, 4.69) is 4.74 Å². The van der Waals surface area contributed by atoms with Crippen LogP contribution in [0.1, 0.15) is 5.56 Å². The lowest BCUT2D eigenvalue weighted by Gasteiger charge is -2.14. The third kappa shape index (κ3) is 2.79. The Hall–Kier alpha value is -2.25. The van der Waals surface area contributed by atoms with Crippen molar-refractivity contribution >= 4 is 0 Å². The fraction of sp³-hybridized carbons (Fsp3) is 0.0769. The molecule has 0 aliphatic heterocycles. The highest BCUT2D eigenvalue weighted by molar-refractivity contribution is 5.39. The standard InChI is InChI=1S/C13H5F7O/c14-8-7(13(18,19)20)9(15)11(17)12(10(8)16)21-6-4-2-1-3-5-6/h1-5H. The molecule has 0 aliphatic carbocycles. The number of hydrogen-bond donors (Lipinski definition) is 0. The second-order valence-corrected chi connectivity index (χ2v) is 3.87. The van der Waals surface area contributed by atoms with Gasteiger partial charge in [-0.1, -0.05) is 18.2 Å². The van der Waals surface area contributed by atoms with Crippen LogP contribution in [0.4, 0.5) is 30.7 Å². The van der Waals surface area contributed by atoms with Gasteiger partial charge in [-0.15, -0.1) is 0 Å². The molecule has 0 unspecified atom stereocenters. The second-order valence-electron chi connectivity index (χ2n) is 3.87. The number of ether oxygens (including phenoxy) is 1. The fourth-order valence-electron chi connectivity index (χ4n) is 1.56. The largest absolute Gasteiger partial charge is 0.451 e. The Bertz CT molecular complexity index is 635. The van der Waals surface area contributed by atoms with Crippen LogP contribution in [0.5, 0.6) is 11.5 Å². The number of hydrogen-bond acceptors (Lipinski definition) is 1. The summed E-state index contributed by atoms with van der Waals surface area (Å²) in [6, 6.07) is 6.70. The van der Waals surface area contributed by atoms with Crippen molar-refractivity contribution in [3.63, 3.8) is 0 Å². The van der Waals surface area contributed by atoms with Crippen LogP contribution < -0.4 is 4.74 Å². The summed E-state index contributed by atoms with van der Waals surface area (Å²) in [6.07, 6.45) is -5.58. The lowest BCUT2D eigenvalue weighted by Crippen LogP contribution is -2.15. The van der Waals surface area contributed by atoms with E-state index in [1.54, 1.807) is 0 Å². The quantitative estimate of drug-likeness (QED) is 0.557. The Labute approximate surface area is 113 Å². The maximum atomic E-state index is 13.5. The van der Waals surface area contributed by atoms with E-state index in [4.69, 9.17) is 0 Å². The molecule has 0 bridgehead atoms. The zero-order chi connectivity index (χ0) is 15.8. The third-order valence-corrected chi connectivity index (χ3v) is 2.47. The summed E-state index contributed by atoms with van der Waals surface area (Å²) in [5.41, 5.74) is -2.64. The summed E-state index contributed by atoms with van der Waals surface area (Å²) in [5.74, 6) is -11.4. The van der Waals surface area contributed by atoms with E-state index >= 15 is 0 Å². The molecule has 0 radical (unpaired) electrons. The normalized spacial score (nSPS) is 11.6. The molecule has 0 N–H and O–H groups in total. The van der Waals surface area contributed by atoms with Crippen molar-refractivity contribution in [3.8, 4) is 11.5 Å².